The van der Waals surface area contributed by atoms with Crippen LogP contribution in [0.4, 0.5) is 16.0 Å². The largest absolute Gasteiger partial charge is 0.473 e. The van der Waals surface area contributed by atoms with Crippen molar-refractivity contribution in [3.63, 3.8) is 0 Å². The number of nitrogens with one attached hydrogen (secondary N) is 2. The fourth-order valence-corrected chi connectivity index (χ4v) is 4.21. The van der Waals surface area contributed by atoms with Crippen LogP contribution in [0.15, 0.2) is 47.2 Å². The van der Waals surface area contributed by atoms with Crippen molar-refractivity contribution in [3.8, 4) is 17.0 Å². The van der Waals surface area contributed by atoms with E-state index < -0.39 is 11.9 Å². The van der Waals surface area contributed by atoms with Crippen LogP contribution in [-0.2, 0) is 6.54 Å². The van der Waals surface area contributed by atoms with Gasteiger partial charge in [0.1, 0.15) is 33.7 Å². The Morgan fingerprint density at radius 1 is 1.24 bits per heavy atom. The van der Waals surface area contributed by atoms with E-state index in [4.69, 9.17) is 15.5 Å². The second kappa shape index (κ2) is 8.32. The molecule has 11 heteroatoms. The molecule has 4 heterocycles. The second-order valence-electron chi connectivity index (χ2n) is 7.60. The Morgan fingerprint density at radius 3 is 2.82 bits per heavy atom. The average molecular weight is 512 g/mol. The molecule has 2 bridgehead atoms. The molecule has 1 amide bonds. The van der Waals surface area contributed by atoms with Crippen molar-refractivity contribution >= 4 is 39.1 Å². The number of hydrogen-bond acceptors (Lipinski definition) is 7. The van der Waals surface area contributed by atoms with Crippen molar-refractivity contribution in [1.29, 1.82) is 0 Å². The number of fused-ring (bicyclic) bond motifs is 2. The molecular formula is C22H19BrFN7O2. The molecule has 0 saturated heterocycles. The van der Waals surface area contributed by atoms with Crippen LogP contribution in [0.25, 0.3) is 16.8 Å². The standard InChI is InChI=1S/C22H19BrFN7O2/c1-11-8-27-21(32)16-17(23)30-31-18(25)15(12-5-3-2-4-6-12)19(29-20(16)31)26-9-13-7-14(24)10-28-22(13)33-11/h2-7,10-11H,8-9,25H2,1H3,(H,26,29)(H,27,32). The molecule has 33 heavy (non-hydrogen) atoms. The molecule has 0 aliphatic carbocycles. The Labute approximate surface area is 196 Å². The van der Waals surface area contributed by atoms with Crippen molar-refractivity contribution in [2.45, 2.75) is 19.6 Å². The molecular weight excluding hydrogens is 493 g/mol. The number of pyridine rings is 1. The minimum absolute atomic E-state index is 0.168. The van der Waals surface area contributed by atoms with Crippen LogP contribution < -0.4 is 21.1 Å². The summed E-state index contributed by atoms with van der Waals surface area (Å²) in [6.07, 6.45) is 0.673. The SMILES string of the molecule is CC1CNC(=O)c2c(Br)nn3c(N)c(-c4ccccc4)c(nc23)NCc2cc(F)cnc2O1. The van der Waals surface area contributed by atoms with Gasteiger partial charge in [0, 0.05) is 12.1 Å². The Hall–Kier alpha value is -3.73. The predicted molar refractivity (Wildman–Crippen MR) is 124 cm³/mol. The van der Waals surface area contributed by atoms with E-state index in [0.29, 0.717) is 27.4 Å². The summed E-state index contributed by atoms with van der Waals surface area (Å²) in [4.78, 5) is 21.8. The Kier molecular flexibility index (Phi) is 5.33. The third-order valence-electron chi connectivity index (χ3n) is 5.25. The van der Waals surface area contributed by atoms with Crippen LogP contribution in [0.5, 0.6) is 5.88 Å². The number of rotatable bonds is 1. The molecule has 168 valence electrons. The molecule has 0 saturated carbocycles. The molecule has 0 radical (unpaired) electrons. The maximum atomic E-state index is 14.0. The van der Waals surface area contributed by atoms with E-state index in [0.717, 1.165) is 11.8 Å². The quantitative estimate of drug-likeness (QED) is 0.358. The van der Waals surface area contributed by atoms with Gasteiger partial charge in [-0.25, -0.2) is 14.4 Å². The van der Waals surface area contributed by atoms with Crippen LogP contribution in [0.1, 0.15) is 22.8 Å². The summed E-state index contributed by atoms with van der Waals surface area (Å²) < 4.78 is 21.6. The molecule has 1 aliphatic heterocycles. The van der Waals surface area contributed by atoms with Gasteiger partial charge in [-0.15, -0.1) is 0 Å². The van der Waals surface area contributed by atoms with Crippen LogP contribution in [-0.4, -0.2) is 38.1 Å². The zero-order valence-electron chi connectivity index (χ0n) is 17.5. The average Bonchev–Trinajstić information content (AvgIpc) is 3.14. The molecule has 1 atom stereocenters. The van der Waals surface area contributed by atoms with Gasteiger partial charge in [-0.3, -0.25) is 4.79 Å². The molecule has 4 aromatic rings. The Balaban J connectivity index is 1.74. The van der Waals surface area contributed by atoms with E-state index in [1.54, 1.807) is 6.92 Å². The monoisotopic (exact) mass is 511 g/mol. The van der Waals surface area contributed by atoms with Gasteiger partial charge in [-0.2, -0.15) is 9.61 Å². The summed E-state index contributed by atoms with van der Waals surface area (Å²) in [5.74, 6) is 0.104. The van der Waals surface area contributed by atoms with E-state index >= 15 is 0 Å². The number of benzene rings is 1. The van der Waals surface area contributed by atoms with Gasteiger partial charge in [-0.05, 0) is 34.5 Å². The number of nitrogens with two attached hydrogens (primary N) is 1. The normalized spacial score (nSPS) is 16.1. The van der Waals surface area contributed by atoms with Gasteiger partial charge in [0.05, 0.1) is 18.3 Å². The lowest BCUT2D eigenvalue weighted by Gasteiger charge is -2.18. The van der Waals surface area contributed by atoms with Crippen molar-refractivity contribution in [2.75, 3.05) is 17.6 Å². The Morgan fingerprint density at radius 2 is 2.03 bits per heavy atom. The molecule has 0 spiro atoms. The number of carbonyl (C=O) groups is 1. The maximum Gasteiger partial charge on any atom is 0.258 e. The molecule has 0 fully saturated rings. The smallest absolute Gasteiger partial charge is 0.258 e. The lowest BCUT2D eigenvalue weighted by Crippen LogP contribution is -2.34. The number of nitrogens with zero attached hydrogens (tertiary/aromatic N) is 4. The zero-order valence-corrected chi connectivity index (χ0v) is 19.1. The topological polar surface area (TPSA) is 119 Å². The van der Waals surface area contributed by atoms with Gasteiger partial charge in [-0.1, -0.05) is 30.3 Å². The number of halogens is 2. The van der Waals surface area contributed by atoms with E-state index in [9.17, 15) is 9.18 Å². The lowest BCUT2D eigenvalue weighted by atomic mass is 10.1. The molecule has 1 unspecified atom stereocenters. The fraction of sp³-hybridized carbons (Fsp3) is 0.182. The van der Waals surface area contributed by atoms with E-state index in [2.05, 4.69) is 36.6 Å². The fourth-order valence-electron chi connectivity index (χ4n) is 3.69. The summed E-state index contributed by atoms with van der Waals surface area (Å²) in [5, 5.41) is 10.5. The van der Waals surface area contributed by atoms with Crippen LogP contribution in [0, 0.1) is 5.82 Å². The number of anilines is 2. The highest BCUT2D eigenvalue weighted by molar-refractivity contribution is 9.10. The van der Waals surface area contributed by atoms with Crippen LogP contribution >= 0.6 is 15.9 Å². The summed E-state index contributed by atoms with van der Waals surface area (Å²) in [6, 6.07) is 10.8. The van der Waals surface area contributed by atoms with Crippen molar-refractivity contribution in [2.24, 2.45) is 0 Å². The number of carbonyl (C=O) groups excluding carboxylic acids is 1. The summed E-state index contributed by atoms with van der Waals surface area (Å²) in [7, 11) is 0. The third-order valence-corrected chi connectivity index (χ3v) is 5.80. The third kappa shape index (κ3) is 3.84. The van der Waals surface area contributed by atoms with Crippen molar-refractivity contribution in [1.82, 2.24) is 24.9 Å². The lowest BCUT2D eigenvalue weighted by molar-refractivity contribution is 0.0931. The number of nitrogen functional groups attached to an aromatic ring is 1. The Bertz CT molecular complexity index is 1380. The van der Waals surface area contributed by atoms with Crippen molar-refractivity contribution in [3.05, 3.63) is 64.1 Å². The highest BCUT2D eigenvalue weighted by Gasteiger charge is 2.26. The molecule has 9 nitrogen and oxygen atoms in total. The summed E-state index contributed by atoms with van der Waals surface area (Å²) in [5.41, 5.74) is 8.97. The first-order valence-electron chi connectivity index (χ1n) is 10.2. The second-order valence-corrected chi connectivity index (χ2v) is 8.35. The van der Waals surface area contributed by atoms with E-state index in [1.165, 1.54) is 10.6 Å². The molecule has 1 aromatic carbocycles. The molecule has 3 aromatic heterocycles. The maximum absolute atomic E-state index is 14.0. The zero-order chi connectivity index (χ0) is 23.1. The number of amides is 1. The van der Waals surface area contributed by atoms with Gasteiger partial charge < -0.3 is 21.1 Å². The summed E-state index contributed by atoms with van der Waals surface area (Å²) >= 11 is 3.36. The van der Waals surface area contributed by atoms with Gasteiger partial charge in [0.25, 0.3) is 5.91 Å². The number of ether oxygens (including phenoxy) is 1. The number of aromatic nitrogens is 4. The van der Waals surface area contributed by atoms with Gasteiger partial charge in [0.15, 0.2) is 5.65 Å². The first-order chi connectivity index (χ1) is 15.9. The van der Waals surface area contributed by atoms with E-state index in [1.807, 2.05) is 30.3 Å². The van der Waals surface area contributed by atoms with E-state index in [-0.39, 0.29) is 36.1 Å². The number of hydrogen-bond donors (Lipinski definition) is 3. The highest BCUT2D eigenvalue weighted by atomic mass is 79.9. The molecule has 4 N–H and O–H groups in total. The predicted octanol–water partition coefficient (Wildman–Crippen LogP) is 3.40. The van der Waals surface area contributed by atoms with Crippen molar-refractivity contribution < 1.29 is 13.9 Å². The first kappa shape index (κ1) is 21.1. The van der Waals surface area contributed by atoms with Gasteiger partial charge in [0.2, 0.25) is 5.88 Å². The highest BCUT2D eigenvalue weighted by Crippen LogP contribution is 2.35. The molecule has 1 aliphatic rings. The minimum atomic E-state index is -0.488. The summed E-state index contributed by atoms with van der Waals surface area (Å²) in [6.45, 7) is 2.15. The first-order valence-corrected chi connectivity index (χ1v) is 11.0. The minimum Gasteiger partial charge on any atom is -0.473 e. The van der Waals surface area contributed by atoms with Crippen LogP contribution in [0.2, 0.25) is 0 Å². The van der Waals surface area contributed by atoms with Crippen LogP contribution in [0.3, 0.4) is 0 Å². The molecule has 5 rings (SSSR count). The van der Waals surface area contributed by atoms with Gasteiger partial charge >= 0.3 is 0 Å².